The van der Waals surface area contributed by atoms with Crippen molar-refractivity contribution in [2.24, 2.45) is 0 Å². The Morgan fingerprint density at radius 1 is 1.11 bits per heavy atom. The van der Waals surface area contributed by atoms with Crippen molar-refractivity contribution >= 4 is 34.9 Å². The summed E-state index contributed by atoms with van der Waals surface area (Å²) < 4.78 is 2.11. The molecule has 1 aliphatic heterocycles. The average molecular weight is 412 g/mol. The zero-order chi connectivity index (χ0) is 18.2. The van der Waals surface area contributed by atoms with Gasteiger partial charge in [0, 0.05) is 54.2 Å². The van der Waals surface area contributed by atoms with Crippen LogP contribution in [0.3, 0.4) is 0 Å². The molecule has 0 fully saturated rings. The maximum atomic E-state index is 6.07. The van der Waals surface area contributed by atoms with Gasteiger partial charge in [0.05, 0.1) is 12.1 Å². The Morgan fingerprint density at radius 3 is 2.96 bits per heavy atom. The van der Waals surface area contributed by atoms with Gasteiger partial charge in [-0.05, 0) is 41.5 Å². The fourth-order valence-corrected chi connectivity index (χ4v) is 3.75. The Bertz CT molecular complexity index is 1140. The minimum absolute atomic E-state index is 0. The average Bonchev–Trinajstić information content (AvgIpc) is 3.15. The minimum atomic E-state index is 0. The number of hydrogen-bond acceptors (Lipinski definition) is 4. The number of nitrogens with one attached hydrogen (secondary N) is 1. The molecule has 1 aliphatic rings. The summed E-state index contributed by atoms with van der Waals surface area (Å²) in [5.41, 5.74) is 5.43. The molecular formula is C21H19Cl2N5. The molecule has 5 rings (SSSR count). The van der Waals surface area contributed by atoms with Gasteiger partial charge >= 0.3 is 0 Å². The monoisotopic (exact) mass is 411 g/mol. The van der Waals surface area contributed by atoms with E-state index in [1.165, 1.54) is 16.8 Å². The van der Waals surface area contributed by atoms with Gasteiger partial charge in [-0.25, -0.2) is 9.97 Å². The van der Waals surface area contributed by atoms with E-state index in [-0.39, 0.29) is 12.4 Å². The first-order valence-electron chi connectivity index (χ1n) is 9.01. The van der Waals surface area contributed by atoms with Crippen molar-refractivity contribution in [1.82, 2.24) is 24.8 Å². The lowest BCUT2D eigenvalue weighted by atomic mass is 10.1. The quantitative estimate of drug-likeness (QED) is 0.546. The normalized spacial score (nSPS) is 13.2. The molecule has 7 heteroatoms. The second kappa shape index (κ2) is 7.87. The molecule has 5 nitrogen and oxygen atoms in total. The lowest BCUT2D eigenvalue weighted by molar-refractivity contribution is 0.627. The molecule has 0 radical (unpaired) electrons. The van der Waals surface area contributed by atoms with Crippen LogP contribution in [0.4, 0.5) is 0 Å². The number of pyridine rings is 2. The van der Waals surface area contributed by atoms with E-state index in [0.717, 1.165) is 48.5 Å². The Morgan fingerprint density at radius 2 is 2.04 bits per heavy atom. The molecule has 0 saturated carbocycles. The molecular weight excluding hydrogens is 393 g/mol. The lowest BCUT2D eigenvalue weighted by Crippen LogP contribution is -2.24. The van der Waals surface area contributed by atoms with Gasteiger partial charge in [-0.3, -0.25) is 4.98 Å². The van der Waals surface area contributed by atoms with E-state index in [9.17, 15) is 0 Å². The van der Waals surface area contributed by atoms with Crippen LogP contribution < -0.4 is 5.32 Å². The van der Waals surface area contributed by atoms with E-state index >= 15 is 0 Å². The maximum Gasteiger partial charge on any atom is 0.158 e. The van der Waals surface area contributed by atoms with Gasteiger partial charge in [0.25, 0.3) is 0 Å². The van der Waals surface area contributed by atoms with E-state index in [0.29, 0.717) is 5.02 Å². The van der Waals surface area contributed by atoms with Crippen LogP contribution >= 0.6 is 24.0 Å². The number of hydrogen-bond donors (Lipinski definition) is 1. The summed E-state index contributed by atoms with van der Waals surface area (Å²) in [7, 11) is 0. The van der Waals surface area contributed by atoms with Crippen molar-refractivity contribution in [3.05, 3.63) is 76.8 Å². The zero-order valence-electron chi connectivity index (χ0n) is 15.1. The van der Waals surface area contributed by atoms with Gasteiger partial charge in [-0.1, -0.05) is 17.7 Å². The van der Waals surface area contributed by atoms with E-state index in [1.54, 1.807) is 0 Å². The molecule has 4 heterocycles. The first-order valence-corrected chi connectivity index (χ1v) is 9.39. The van der Waals surface area contributed by atoms with E-state index in [1.807, 2.05) is 48.9 Å². The van der Waals surface area contributed by atoms with Crippen LogP contribution in [0.15, 0.2) is 55.0 Å². The second-order valence-electron chi connectivity index (χ2n) is 6.79. The molecule has 1 aromatic carbocycles. The smallest absolute Gasteiger partial charge is 0.158 e. The Balaban J connectivity index is 0.00000192. The van der Waals surface area contributed by atoms with Crippen LogP contribution in [0.5, 0.6) is 0 Å². The van der Waals surface area contributed by atoms with Gasteiger partial charge in [-0.2, -0.15) is 0 Å². The van der Waals surface area contributed by atoms with Gasteiger partial charge in [-0.15, -0.1) is 12.4 Å². The summed E-state index contributed by atoms with van der Waals surface area (Å²) in [4.78, 5) is 13.9. The highest BCUT2D eigenvalue weighted by Gasteiger charge is 2.13. The highest BCUT2D eigenvalue weighted by atomic mass is 35.5. The molecule has 0 aliphatic carbocycles. The Kier molecular flexibility index (Phi) is 5.31. The van der Waals surface area contributed by atoms with Gasteiger partial charge in [0.2, 0.25) is 0 Å². The van der Waals surface area contributed by atoms with Crippen molar-refractivity contribution in [3.63, 3.8) is 0 Å². The number of imidazole rings is 1. The first-order chi connectivity index (χ1) is 13.3. The number of fused-ring (bicyclic) bond motifs is 2. The number of aromatic nitrogens is 4. The third kappa shape index (κ3) is 3.61. The number of nitrogens with zero attached hydrogens (tertiary/aromatic N) is 4. The topological polar surface area (TPSA) is 55.6 Å². The molecule has 3 aromatic heterocycles. The van der Waals surface area contributed by atoms with Crippen molar-refractivity contribution in [2.45, 2.75) is 19.5 Å². The van der Waals surface area contributed by atoms with Crippen LogP contribution in [0.1, 0.15) is 16.8 Å². The highest BCUT2D eigenvalue weighted by molar-refractivity contribution is 6.31. The molecule has 0 amide bonds. The first kappa shape index (κ1) is 18.9. The van der Waals surface area contributed by atoms with Crippen LogP contribution in [0.2, 0.25) is 5.02 Å². The maximum absolute atomic E-state index is 6.07. The van der Waals surface area contributed by atoms with Crippen LogP contribution in [-0.2, 0) is 19.5 Å². The van der Waals surface area contributed by atoms with Gasteiger partial charge in [0.1, 0.15) is 5.69 Å². The second-order valence-corrected chi connectivity index (χ2v) is 7.22. The summed E-state index contributed by atoms with van der Waals surface area (Å²) in [6, 6.07) is 12.0. The van der Waals surface area contributed by atoms with Gasteiger partial charge < -0.3 is 9.88 Å². The Labute approximate surface area is 174 Å². The van der Waals surface area contributed by atoms with Gasteiger partial charge in [0.15, 0.2) is 5.82 Å². The molecule has 142 valence electrons. The minimum Gasteiger partial charge on any atom is -0.325 e. The van der Waals surface area contributed by atoms with Crippen molar-refractivity contribution < 1.29 is 0 Å². The summed E-state index contributed by atoms with van der Waals surface area (Å²) >= 11 is 6.07. The third-order valence-electron chi connectivity index (χ3n) is 4.92. The van der Waals surface area contributed by atoms with E-state index < -0.39 is 0 Å². The predicted octanol–water partition coefficient (Wildman–Crippen LogP) is 4.26. The molecule has 28 heavy (non-hydrogen) atoms. The molecule has 0 spiro atoms. The van der Waals surface area contributed by atoms with Crippen molar-refractivity contribution in [1.29, 1.82) is 0 Å². The molecule has 1 N–H and O–H groups in total. The lowest BCUT2D eigenvalue weighted by Gasteiger charge is -2.17. The molecule has 4 aromatic rings. The number of halogens is 2. The number of benzene rings is 1. The van der Waals surface area contributed by atoms with E-state index in [2.05, 4.69) is 25.9 Å². The largest absolute Gasteiger partial charge is 0.325 e. The molecule has 0 saturated heterocycles. The summed E-state index contributed by atoms with van der Waals surface area (Å²) in [6.07, 6.45) is 6.78. The summed E-state index contributed by atoms with van der Waals surface area (Å²) in [6.45, 7) is 2.61. The molecule has 0 atom stereocenters. The van der Waals surface area contributed by atoms with Crippen molar-refractivity contribution in [3.8, 4) is 11.5 Å². The predicted molar refractivity (Wildman–Crippen MR) is 114 cm³/mol. The van der Waals surface area contributed by atoms with Crippen molar-refractivity contribution in [2.75, 3.05) is 6.54 Å². The fraction of sp³-hybridized carbons (Fsp3) is 0.190. The summed E-state index contributed by atoms with van der Waals surface area (Å²) in [5.74, 6) is 0.850. The standard InChI is InChI=1S/C21H18ClN5.ClH/c22-17-2-4-19-15(10-17)1-3-20(26-19)21-24-7-8-27(21)13-14-9-16-12-23-6-5-18(16)25-11-14;/h1-4,7-11,23H,5-6,12-13H2;1H. The van der Waals surface area contributed by atoms with Crippen LogP contribution in [0, 0.1) is 0 Å². The Hall–Kier alpha value is -2.47. The van der Waals surface area contributed by atoms with E-state index in [4.69, 9.17) is 16.6 Å². The fourth-order valence-electron chi connectivity index (χ4n) is 3.57. The molecule has 0 bridgehead atoms. The summed E-state index contributed by atoms with van der Waals surface area (Å²) in [5, 5.41) is 5.15. The zero-order valence-corrected chi connectivity index (χ0v) is 16.7. The molecule has 0 unspecified atom stereocenters. The van der Waals surface area contributed by atoms with Crippen LogP contribution in [-0.4, -0.2) is 26.1 Å². The number of rotatable bonds is 3. The van der Waals surface area contributed by atoms with Crippen LogP contribution in [0.25, 0.3) is 22.4 Å². The third-order valence-corrected chi connectivity index (χ3v) is 5.15. The highest BCUT2D eigenvalue weighted by Crippen LogP contribution is 2.23. The SMILES string of the molecule is Cl.Clc1ccc2nc(-c3nccn3Cc3cnc4c(c3)CNCC4)ccc2c1.